The number of hydrogen-bond donors (Lipinski definition) is 6. The lowest BCUT2D eigenvalue weighted by atomic mass is 10.4. The lowest BCUT2D eigenvalue weighted by Gasteiger charge is -2.35. The maximum absolute atomic E-state index is 12.0. The molecule has 18 heteroatoms. The van der Waals surface area contributed by atoms with Gasteiger partial charge < -0.3 is 19.6 Å². The van der Waals surface area contributed by atoms with E-state index in [9.17, 15) is 37.8 Å². The molecule has 1 saturated heterocycles. The first-order valence-electron chi connectivity index (χ1n) is 10.0. The van der Waals surface area contributed by atoms with Crippen LogP contribution < -0.4 is 11.0 Å². The third-order valence-electron chi connectivity index (χ3n) is 4.66. The smallest absolute Gasteiger partial charge is 0.278 e. The third kappa shape index (κ3) is 16.2. The molecule has 1 rings (SSSR count). The van der Waals surface area contributed by atoms with Crippen LogP contribution in [0.15, 0.2) is 0 Å². The Morgan fingerprint density at radius 3 is 0.875 bits per heavy atom. The van der Waals surface area contributed by atoms with E-state index in [1.54, 1.807) is 19.6 Å². The second-order valence-electron chi connectivity index (χ2n) is 8.65. The summed E-state index contributed by atoms with van der Waals surface area (Å²) in [5, 5.41) is 0. The highest BCUT2D eigenvalue weighted by atomic mass is 31.2. The van der Waals surface area contributed by atoms with Crippen molar-refractivity contribution in [3.63, 3.8) is 0 Å². The first-order valence-corrected chi connectivity index (χ1v) is 18.4. The van der Waals surface area contributed by atoms with Gasteiger partial charge in [0.1, 0.15) is 0 Å². The van der Waals surface area contributed by atoms with Gasteiger partial charge in [0.05, 0.1) is 25.1 Å². The molecule has 0 aromatic carbocycles. The van der Waals surface area contributed by atoms with Crippen LogP contribution in [-0.2, 0) is 18.3 Å². The molecule has 0 aromatic rings. The summed E-state index contributed by atoms with van der Waals surface area (Å²) in [7, 11) is -14.5. The van der Waals surface area contributed by atoms with Crippen molar-refractivity contribution >= 4 is 29.8 Å². The van der Waals surface area contributed by atoms with Gasteiger partial charge in [0.15, 0.2) is 0 Å². The Balaban J connectivity index is 3.10. The molecule has 0 aliphatic carbocycles. The Morgan fingerprint density at radius 1 is 0.531 bits per heavy atom. The molecule has 0 saturated carbocycles. The van der Waals surface area contributed by atoms with Crippen LogP contribution in [0.2, 0.25) is 0 Å². The maximum Gasteiger partial charge on any atom is 0.278 e. The third-order valence-corrected chi connectivity index (χ3v) is 8.12. The van der Waals surface area contributed by atoms with Crippen LogP contribution >= 0.6 is 29.8 Å². The van der Waals surface area contributed by atoms with Gasteiger partial charge in [-0.2, -0.15) is 0 Å². The van der Waals surface area contributed by atoms with Crippen molar-refractivity contribution in [2.24, 2.45) is 11.0 Å². The highest BCUT2D eigenvalue weighted by Gasteiger charge is 2.26. The molecule has 1 aliphatic rings. The van der Waals surface area contributed by atoms with Crippen molar-refractivity contribution < 1.29 is 37.8 Å². The summed E-state index contributed by atoms with van der Waals surface area (Å²) in [5.74, 6) is 0. The van der Waals surface area contributed by atoms with Gasteiger partial charge in [0.2, 0.25) is 14.7 Å². The van der Waals surface area contributed by atoms with Crippen LogP contribution in [0.4, 0.5) is 0 Å². The largest absolute Gasteiger partial charge is 0.344 e. The van der Waals surface area contributed by atoms with E-state index in [2.05, 4.69) is 0 Å². The summed E-state index contributed by atoms with van der Waals surface area (Å²) < 4.78 is 47.5. The number of rotatable bonds is 8. The van der Waals surface area contributed by atoms with Gasteiger partial charge in [-0.3, -0.25) is 48.9 Å². The average Bonchev–Trinajstić information content (AvgIpc) is 2.52. The number of nitrogens with zero attached hydrogens (tertiary/aromatic N) is 4. The van der Waals surface area contributed by atoms with E-state index in [0.717, 1.165) is 0 Å². The summed E-state index contributed by atoms with van der Waals surface area (Å²) in [6, 6.07) is 0. The van der Waals surface area contributed by atoms with Gasteiger partial charge in [-0.05, 0) is 0 Å². The molecule has 8 N–H and O–H groups in total. The van der Waals surface area contributed by atoms with E-state index < -0.39 is 29.8 Å². The minimum atomic E-state index is -3.88. The normalized spacial score (nSPS) is 27.2. The van der Waals surface area contributed by atoms with Gasteiger partial charge in [-0.15, -0.1) is 0 Å². The van der Waals surface area contributed by atoms with E-state index >= 15 is 0 Å². The highest BCUT2D eigenvalue weighted by molar-refractivity contribution is 7.57. The zero-order chi connectivity index (χ0) is 24.8. The van der Waals surface area contributed by atoms with Gasteiger partial charge in [-0.25, -0.2) is 0 Å². The molecule has 0 amide bonds. The molecule has 14 nitrogen and oxygen atoms in total. The van der Waals surface area contributed by atoms with Crippen molar-refractivity contribution in [2.45, 2.75) is 0 Å². The van der Waals surface area contributed by atoms with Crippen molar-refractivity contribution in [3.05, 3.63) is 0 Å². The lowest BCUT2D eigenvalue weighted by Crippen LogP contribution is -2.46. The van der Waals surface area contributed by atoms with Crippen LogP contribution in [0, 0.1) is 0 Å². The van der Waals surface area contributed by atoms with Crippen LogP contribution in [0.5, 0.6) is 0 Å². The Labute approximate surface area is 189 Å². The SMILES string of the molecule is CP(=O)(O)CN1CCN(CP(C)(=O)O)CCN(CP(N)(=O)O)CCN(CP(N)(=O)O)CC1. The summed E-state index contributed by atoms with van der Waals surface area (Å²) in [6.45, 7) is 4.73. The van der Waals surface area contributed by atoms with Crippen LogP contribution in [0.3, 0.4) is 0 Å². The van der Waals surface area contributed by atoms with Gasteiger partial charge in [-0.1, -0.05) is 0 Å². The second-order valence-corrected chi connectivity index (χ2v) is 17.0. The van der Waals surface area contributed by atoms with Crippen molar-refractivity contribution in [1.29, 1.82) is 0 Å². The summed E-state index contributed by atoms with van der Waals surface area (Å²) in [5.41, 5.74) is 10.7. The Hall–Kier alpha value is 0.520. The average molecular weight is 542 g/mol. The van der Waals surface area contributed by atoms with E-state index in [1.165, 1.54) is 13.3 Å². The first kappa shape index (κ1) is 30.6. The Bertz CT molecular complexity index is 635. The van der Waals surface area contributed by atoms with Gasteiger partial charge >= 0.3 is 0 Å². The van der Waals surface area contributed by atoms with E-state index in [-0.39, 0.29) is 51.3 Å². The highest BCUT2D eigenvalue weighted by Crippen LogP contribution is 2.37. The molecule has 192 valence electrons. The number of nitrogens with two attached hydrogens (primary N) is 2. The van der Waals surface area contributed by atoms with E-state index in [4.69, 9.17) is 11.0 Å². The second kappa shape index (κ2) is 12.5. The fourth-order valence-corrected chi connectivity index (χ4v) is 7.22. The molecule has 1 heterocycles. The van der Waals surface area contributed by atoms with Gasteiger partial charge in [0, 0.05) is 65.7 Å². The quantitative estimate of drug-likeness (QED) is 0.206. The molecular formula is C14H38N6O8P4. The van der Waals surface area contributed by atoms with Crippen molar-refractivity contribution in [3.8, 4) is 0 Å². The molecule has 0 radical (unpaired) electrons. The zero-order valence-electron chi connectivity index (χ0n) is 18.6. The fourth-order valence-electron chi connectivity index (χ4n) is 3.46. The zero-order valence-corrected chi connectivity index (χ0v) is 22.2. The predicted molar refractivity (Wildman–Crippen MR) is 125 cm³/mol. The van der Waals surface area contributed by atoms with E-state index in [0.29, 0.717) is 26.2 Å². The Kier molecular flexibility index (Phi) is 11.9. The molecule has 32 heavy (non-hydrogen) atoms. The predicted octanol–water partition coefficient (Wildman–Crippen LogP) is -0.873. The molecular weight excluding hydrogens is 504 g/mol. The monoisotopic (exact) mass is 542 g/mol. The van der Waals surface area contributed by atoms with Gasteiger partial charge in [0.25, 0.3) is 15.0 Å². The molecule has 0 aromatic heterocycles. The maximum atomic E-state index is 12.0. The van der Waals surface area contributed by atoms with E-state index in [1.807, 2.05) is 0 Å². The molecule has 1 aliphatic heterocycles. The van der Waals surface area contributed by atoms with Crippen LogP contribution in [0.25, 0.3) is 0 Å². The molecule has 4 atom stereocenters. The summed E-state index contributed by atoms with van der Waals surface area (Å²) in [6.07, 6.45) is -0.784. The lowest BCUT2D eigenvalue weighted by molar-refractivity contribution is 0.159. The molecule has 0 bridgehead atoms. The number of hydrogen-bond acceptors (Lipinski definition) is 8. The summed E-state index contributed by atoms with van der Waals surface area (Å²) >= 11 is 0. The molecule has 0 spiro atoms. The standard InChI is InChI=1S/C14H38N6O8P4/c1-29(21,22)11-17-3-4-18(12-30(2,23)24)6-8-20(14-32(16,27)28)10-9-19(7-5-17)13-31(15,25)26/h3-14H2,1-2H3,(H,21,22)(H,23,24)(H3,15,25,26)(H3,16,27,28). The van der Waals surface area contributed by atoms with Crippen LogP contribution in [-0.4, -0.2) is 130 Å². The summed E-state index contributed by atoms with van der Waals surface area (Å²) in [4.78, 5) is 45.6. The molecule has 1 fully saturated rings. The minimum absolute atomic E-state index is 0.0933. The minimum Gasteiger partial charge on any atom is -0.344 e. The Morgan fingerprint density at radius 2 is 0.719 bits per heavy atom. The van der Waals surface area contributed by atoms with Crippen molar-refractivity contribution in [1.82, 2.24) is 19.6 Å². The molecule has 4 unspecified atom stereocenters. The van der Waals surface area contributed by atoms with Crippen molar-refractivity contribution in [2.75, 3.05) is 90.8 Å². The first-order chi connectivity index (χ1) is 14.3. The van der Waals surface area contributed by atoms with Crippen LogP contribution in [0.1, 0.15) is 0 Å². The topological polar surface area (TPSA) is 214 Å². The fraction of sp³-hybridized carbons (Fsp3) is 1.00.